The Morgan fingerprint density at radius 1 is 1.10 bits per heavy atom. The highest BCUT2D eigenvalue weighted by Crippen LogP contribution is 2.31. The minimum absolute atomic E-state index is 0.226. The lowest BCUT2D eigenvalue weighted by Gasteiger charge is -2.31. The molecule has 1 aliphatic rings. The number of halogens is 2. The molecule has 0 unspecified atom stereocenters. The molecule has 5 nitrogen and oxygen atoms in total. The van der Waals surface area contributed by atoms with E-state index in [1.54, 1.807) is 13.0 Å². The number of sulfonamides is 1. The molecule has 2 aromatic carbocycles. The van der Waals surface area contributed by atoms with Gasteiger partial charge in [-0.05, 0) is 67.5 Å². The first kappa shape index (κ1) is 22.9. The normalized spacial score (nSPS) is 15.4. The molecule has 0 bridgehead atoms. The fourth-order valence-corrected chi connectivity index (χ4v) is 5.43. The lowest BCUT2D eigenvalue weighted by atomic mass is 10.0. The van der Waals surface area contributed by atoms with E-state index in [4.69, 9.17) is 23.2 Å². The number of hydrogen-bond acceptors (Lipinski definition) is 3. The van der Waals surface area contributed by atoms with Crippen molar-refractivity contribution in [2.24, 2.45) is 0 Å². The van der Waals surface area contributed by atoms with E-state index in [9.17, 15) is 13.2 Å². The number of carbonyl (C=O) groups is 1. The van der Waals surface area contributed by atoms with Crippen molar-refractivity contribution in [2.45, 2.75) is 51.6 Å². The SMILES string of the molecule is CC[C@H](C(=O)N[C@H](C)c1ccc2c(c1)CCC2)N(c1ccc(Cl)c(Cl)c1)S(C)(=O)=O. The maximum atomic E-state index is 13.1. The summed E-state index contributed by atoms with van der Waals surface area (Å²) in [6.45, 7) is 3.69. The third-order valence-electron chi connectivity index (χ3n) is 5.47. The van der Waals surface area contributed by atoms with E-state index in [0.717, 1.165) is 35.4 Å². The van der Waals surface area contributed by atoms with Crippen LogP contribution < -0.4 is 9.62 Å². The van der Waals surface area contributed by atoms with E-state index in [1.807, 2.05) is 13.0 Å². The van der Waals surface area contributed by atoms with Crippen molar-refractivity contribution >= 4 is 44.8 Å². The summed E-state index contributed by atoms with van der Waals surface area (Å²) in [6, 6.07) is 9.68. The van der Waals surface area contributed by atoms with Gasteiger partial charge >= 0.3 is 0 Å². The molecular formula is C22H26Cl2N2O3S. The molecule has 8 heteroatoms. The average Bonchev–Trinajstić information content (AvgIpc) is 3.15. The van der Waals surface area contributed by atoms with E-state index in [1.165, 1.54) is 23.3 Å². The van der Waals surface area contributed by atoms with Crippen LogP contribution in [-0.2, 0) is 27.7 Å². The molecule has 0 aliphatic heterocycles. The largest absolute Gasteiger partial charge is 0.348 e. The Hall–Kier alpha value is -1.76. The van der Waals surface area contributed by atoms with Gasteiger partial charge < -0.3 is 5.32 Å². The predicted octanol–water partition coefficient (Wildman–Crippen LogP) is 4.90. The minimum Gasteiger partial charge on any atom is -0.348 e. The van der Waals surface area contributed by atoms with Crippen LogP contribution >= 0.6 is 23.2 Å². The lowest BCUT2D eigenvalue weighted by molar-refractivity contribution is -0.122. The number of amides is 1. The van der Waals surface area contributed by atoms with Gasteiger partial charge in [0.25, 0.3) is 0 Å². The molecule has 0 aromatic heterocycles. The summed E-state index contributed by atoms with van der Waals surface area (Å²) in [5.74, 6) is -0.359. The molecule has 0 heterocycles. The number of benzene rings is 2. The van der Waals surface area contributed by atoms with E-state index < -0.39 is 16.1 Å². The second-order valence-corrected chi connectivity index (χ2v) is 10.4. The number of fused-ring (bicyclic) bond motifs is 1. The highest BCUT2D eigenvalue weighted by atomic mass is 35.5. The second-order valence-electron chi connectivity index (χ2n) is 7.69. The Labute approximate surface area is 188 Å². The molecule has 0 fully saturated rings. The Morgan fingerprint density at radius 3 is 2.43 bits per heavy atom. The summed E-state index contributed by atoms with van der Waals surface area (Å²) in [4.78, 5) is 13.1. The zero-order valence-electron chi connectivity index (χ0n) is 17.3. The van der Waals surface area contributed by atoms with Gasteiger partial charge in [-0.2, -0.15) is 0 Å². The minimum atomic E-state index is -3.74. The van der Waals surface area contributed by atoms with E-state index in [0.29, 0.717) is 17.1 Å². The fraction of sp³-hybridized carbons (Fsp3) is 0.409. The molecular weight excluding hydrogens is 443 g/mol. The summed E-state index contributed by atoms with van der Waals surface area (Å²) < 4.78 is 26.3. The molecule has 3 rings (SSSR count). The van der Waals surface area contributed by atoms with Gasteiger partial charge in [0.2, 0.25) is 15.9 Å². The Bertz CT molecular complexity index is 1060. The molecule has 2 atom stereocenters. The van der Waals surface area contributed by atoms with Crippen LogP contribution in [-0.4, -0.2) is 26.6 Å². The van der Waals surface area contributed by atoms with Gasteiger partial charge in [-0.3, -0.25) is 9.10 Å². The van der Waals surface area contributed by atoms with E-state index in [2.05, 4.69) is 17.4 Å². The molecule has 30 heavy (non-hydrogen) atoms. The van der Waals surface area contributed by atoms with Gasteiger partial charge in [0.15, 0.2) is 0 Å². The summed E-state index contributed by atoms with van der Waals surface area (Å²) in [5.41, 5.74) is 4.01. The Kier molecular flexibility index (Phi) is 7.00. The monoisotopic (exact) mass is 468 g/mol. The van der Waals surface area contributed by atoms with Gasteiger partial charge in [-0.15, -0.1) is 0 Å². The smallest absolute Gasteiger partial charge is 0.244 e. The third-order valence-corrected chi connectivity index (χ3v) is 7.39. The van der Waals surface area contributed by atoms with Crippen LogP contribution in [0.25, 0.3) is 0 Å². The number of nitrogens with zero attached hydrogens (tertiary/aromatic N) is 1. The summed E-state index contributed by atoms with van der Waals surface area (Å²) in [6.07, 6.45) is 4.69. The topological polar surface area (TPSA) is 66.5 Å². The maximum Gasteiger partial charge on any atom is 0.244 e. The van der Waals surface area contributed by atoms with Crippen molar-refractivity contribution in [3.8, 4) is 0 Å². The van der Waals surface area contributed by atoms with Crippen LogP contribution in [0.15, 0.2) is 36.4 Å². The summed E-state index contributed by atoms with van der Waals surface area (Å²) in [5, 5.41) is 3.53. The Morgan fingerprint density at radius 2 is 1.80 bits per heavy atom. The number of hydrogen-bond donors (Lipinski definition) is 1. The molecule has 162 valence electrons. The molecule has 0 saturated carbocycles. The number of carbonyl (C=O) groups excluding carboxylic acids is 1. The standard InChI is InChI=1S/C22H26Cl2N2O3S/c1-4-21(26(30(3,28)29)18-10-11-19(23)20(24)13-18)22(27)25-14(2)16-9-8-15-6-5-7-17(15)12-16/h8-14,21H,4-7H2,1-3H3,(H,25,27)/t14-,21-/m1/s1. The first-order valence-corrected chi connectivity index (χ1v) is 12.6. The first-order valence-electron chi connectivity index (χ1n) is 9.98. The van der Waals surface area contributed by atoms with Gasteiger partial charge in [0, 0.05) is 0 Å². The quantitative estimate of drug-likeness (QED) is 0.627. The lowest BCUT2D eigenvalue weighted by Crippen LogP contribution is -2.49. The van der Waals surface area contributed by atoms with Crippen LogP contribution in [0.1, 0.15) is 49.4 Å². The molecule has 2 aromatic rings. The van der Waals surface area contributed by atoms with Crippen molar-refractivity contribution in [3.63, 3.8) is 0 Å². The van der Waals surface area contributed by atoms with Crippen molar-refractivity contribution in [1.82, 2.24) is 5.32 Å². The van der Waals surface area contributed by atoms with Crippen molar-refractivity contribution < 1.29 is 13.2 Å². The Balaban J connectivity index is 1.86. The summed E-state index contributed by atoms with van der Waals surface area (Å²) >= 11 is 12.1. The highest BCUT2D eigenvalue weighted by Gasteiger charge is 2.32. The maximum absolute atomic E-state index is 13.1. The number of rotatable bonds is 7. The average molecular weight is 469 g/mol. The number of nitrogens with one attached hydrogen (secondary N) is 1. The highest BCUT2D eigenvalue weighted by molar-refractivity contribution is 7.92. The van der Waals surface area contributed by atoms with Crippen molar-refractivity contribution in [2.75, 3.05) is 10.6 Å². The second kappa shape index (κ2) is 9.16. The molecule has 0 radical (unpaired) electrons. The zero-order chi connectivity index (χ0) is 22.1. The molecule has 1 amide bonds. The van der Waals surface area contributed by atoms with Crippen LogP contribution in [0.5, 0.6) is 0 Å². The number of aryl methyl sites for hydroxylation is 2. The van der Waals surface area contributed by atoms with E-state index >= 15 is 0 Å². The molecule has 0 spiro atoms. The predicted molar refractivity (Wildman–Crippen MR) is 123 cm³/mol. The fourth-order valence-electron chi connectivity index (χ4n) is 3.94. The van der Waals surface area contributed by atoms with Crippen LogP contribution in [0, 0.1) is 0 Å². The van der Waals surface area contributed by atoms with Crippen LogP contribution in [0.3, 0.4) is 0 Å². The van der Waals surface area contributed by atoms with Crippen molar-refractivity contribution in [1.29, 1.82) is 0 Å². The summed E-state index contributed by atoms with van der Waals surface area (Å²) in [7, 11) is -3.74. The molecule has 0 saturated heterocycles. The van der Waals surface area contributed by atoms with E-state index in [-0.39, 0.29) is 17.0 Å². The van der Waals surface area contributed by atoms with Gasteiger partial charge in [-0.1, -0.05) is 48.3 Å². The van der Waals surface area contributed by atoms with Crippen LogP contribution in [0.2, 0.25) is 10.0 Å². The first-order chi connectivity index (χ1) is 14.1. The zero-order valence-corrected chi connectivity index (χ0v) is 19.6. The van der Waals surface area contributed by atoms with Gasteiger partial charge in [0.1, 0.15) is 6.04 Å². The third kappa shape index (κ3) is 4.93. The van der Waals surface area contributed by atoms with Gasteiger partial charge in [-0.25, -0.2) is 8.42 Å². The number of anilines is 1. The van der Waals surface area contributed by atoms with Crippen LogP contribution in [0.4, 0.5) is 5.69 Å². The molecule has 1 aliphatic carbocycles. The van der Waals surface area contributed by atoms with Crippen molar-refractivity contribution in [3.05, 3.63) is 63.1 Å². The molecule has 1 N–H and O–H groups in total. The van der Waals surface area contributed by atoms with Gasteiger partial charge in [0.05, 0.1) is 28.0 Å².